The van der Waals surface area contributed by atoms with Crippen molar-refractivity contribution in [1.29, 1.82) is 0 Å². The van der Waals surface area contributed by atoms with E-state index in [0.29, 0.717) is 12.5 Å². The molecule has 0 spiro atoms. The molecule has 2 aliphatic heterocycles. The minimum atomic E-state index is -0.204. The van der Waals surface area contributed by atoms with Crippen molar-refractivity contribution in [1.82, 2.24) is 24.8 Å². The molecule has 0 bridgehead atoms. The molecule has 1 fully saturated rings. The first-order valence-electron chi connectivity index (χ1n) is 9.68. The van der Waals surface area contributed by atoms with Crippen molar-refractivity contribution in [2.24, 2.45) is 13.0 Å². The number of rotatable bonds is 5. The zero-order valence-electron chi connectivity index (χ0n) is 15.8. The van der Waals surface area contributed by atoms with Crippen LogP contribution in [-0.4, -0.2) is 51.6 Å². The van der Waals surface area contributed by atoms with E-state index in [1.165, 1.54) is 0 Å². The zero-order chi connectivity index (χ0) is 18.6. The fourth-order valence-corrected chi connectivity index (χ4v) is 4.12. The second-order valence-electron chi connectivity index (χ2n) is 7.53. The van der Waals surface area contributed by atoms with E-state index >= 15 is 0 Å². The SMILES string of the molecule is Cn1cnc2c1C(C(=O)NCc1ccccn1)CN(CC1CCOCC1)C2. The lowest BCUT2D eigenvalue weighted by atomic mass is 9.94. The molecule has 1 amide bonds. The van der Waals surface area contributed by atoms with E-state index in [1.54, 1.807) is 6.20 Å². The number of pyridine rings is 1. The van der Waals surface area contributed by atoms with E-state index in [-0.39, 0.29) is 11.8 Å². The zero-order valence-corrected chi connectivity index (χ0v) is 15.8. The van der Waals surface area contributed by atoms with Crippen LogP contribution in [-0.2, 0) is 29.7 Å². The van der Waals surface area contributed by atoms with Gasteiger partial charge in [-0.15, -0.1) is 0 Å². The molecule has 1 unspecified atom stereocenters. The van der Waals surface area contributed by atoms with Gasteiger partial charge in [-0.05, 0) is 30.9 Å². The van der Waals surface area contributed by atoms with Crippen LogP contribution in [0.25, 0.3) is 0 Å². The Morgan fingerprint density at radius 2 is 2.15 bits per heavy atom. The molecule has 1 saturated heterocycles. The summed E-state index contributed by atoms with van der Waals surface area (Å²) in [7, 11) is 1.97. The van der Waals surface area contributed by atoms with Crippen molar-refractivity contribution in [3.8, 4) is 0 Å². The second kappa shape index (κ2) is 8.19. The fourth-order valence-electron chi connectivity index (χ4n) is 4.12. The van der Waals surface area contributed by atoms with Crippen molar-refractivity contribution in [2.45, 2.75) is 31.8 Å². The Morgan fingerprint density at radius 1 is 1.30 bits per heavy atom. The van der Waals surface area contributed by atoms with E-state index in [0.717, 1.165) is 62.8 Å². The smallest absolute Gasteiger partial charge is 0.230 e. The highest BCUT2D eigenvalue weighted by molar-refractivity contribution is 5.84. The number of hydrogen-bond acceptors (Lipinski definition) is 5. The van der Waals surface area contributed by atoms with Crippen molar-refractivity contribution in [3.63, 3.8) is 0 Å². The number of fused-ring (bicyclic) bond motifs is 1. The van der Waals surface area contributed by atoms with Gasteiger partial charge in [0.1, 0.15) is 0 Å². The fraction of sp³-hybridized carbons (Fsp3) is 0.550. The maximum atomic E-state index is 13.0. The minimum Gasteiger partial charge on any atom is -0.381 e. The third-order valence-corrected chi connectivity index (χ3v) is 5.55. The molecule has 0 aliphatic carbocycles. The standard InChI is InChI=1S/C20H27N5O2/c1-24-14-23-18-13-25(11-15-5-8-27-9-6-15)12-17(19(18)24)20(26)22-10-16-4-2-3-7-21-16/h2-4,7,14-15,17H,5-6,8-13H2,1H3,(H,22,26). The van der Waals surface area contributed by atoms with Gasteiger partial charge in [-0.1, -0.05) is 6.07 Å². The molecule has 2 aliphatic rings. The third-order valence-electron chi connectivity index (χ3n) is 5.55. The highest BCUT2D eigenvalue weighted by atomic mass is 16.5. The number of aromatic nitrogens is 3. The first-order chi connectivity index (χ1) is 13.2. The summed E-state index contributed by atoms with van der Waals surface area (Å²) in [6, 6.07) is 5.74. The van der Waals surface area contributed by atoms with Crippen molar-refractivity contribution >= 4 is 5.91 Å². The van der Waals surface area contributed by atoms with Crippen LogP contribution in [0.1, 0.15) is 35.8 Å². The van der Waals surface area contributed by atoms with E-state index in [1.807, 2.05) is 36.1 Å². The molecule has 7 heteroatoms. The summed E-state index contributed by atoms with van der Waals surface area (Å²) >= 11 is 0. The predicted octanol–water partition coefficient (Wildman–Crippen LogP) is 1.46. The van der Waals surface area contributed by atoms with Crippen molar-refractivity contribution < 1.29 is 9.53 Å². The average molecular weight is 369 g/mol. The monoisotopic (exact) mass is 369 g/mol. The first kappa shape index (κ1) is 18.1. The maximum absolute atomic E-state index is 13.0. The quantitative estimate of drug-likeness (QED) is 0.864. The van der Waals surface area contributed by atoms with Gasteiger partial charge in [0, 0.05) is 46.1 Å². The Bertz CT molecular complexity index is 770. The van der Waals surface area contributed by atoms with Gasteiger partial charge in [-0.2, -0.15) is 0 Å². The molecule has 4 rings (SSSR count). The first-order valence-corrected chi connectivity index (χ1v) is 9.68. The molecule has 0 saturated carbocycles. The van der Waals surface area contributed by atoms with Crippen LogP contribution in [0.15, 0.2) is 30.7 Å². The van der Waals surface area contributed by atoms with Crippen LogP contribution in [0, 0.1) is 5.92 Å². The Morgan fingerprint density at radius 3 is 2.93 bits per heavy atom. The Hall–Kier alpha value is -2.25. The largest absolute Gasteiger partial charge is 0.381 e. The molecule has 4 heterocycles. The van der Waals surface area contributed by atoms with Gasteiger partial charge in [0.25, 0.3) is 0 Å². The summed E-state index contributed by atoms with van der Waals surface area (Å²) < 4.78 is 7.47. The normalized spacial score (nSPS) is 21.0. The maximum Gasteiger partial charge on any atom is 0.230 e. The minimum absolute atomic E-state index is 0.0437. The second-order valence-corrected chi connectivity index (χ2v) is 7.53. The topological polar surface area (TPSA) is 72.3 Å². The van der Waals surface area contributed by atoms with Crippen LogP contribution < -0.4 is 5.32 Å². The molecule has 2 aromatic heterocycles. The average Bonchev–Trinajstić information content (AvgIpc) is 3.08. The lowest BCUT2D eigenvalue weighted by Gasteiger charge is -2.35. The van der Waals surface area contributed by atoms with E-state index < -0.39 is 0 Å². The molecule has 0 radical (unpaired) electrons. The van der Waals surface area contributed by atoms with Gasteiger partial charge in [0.2, 0.25) is 5.91 Å². The van der Waals surface area contributed by atoms with Crippen molar-refractivity contribution in [2.75, 3.05) is 26.3 Å². The Labute approximate surface area is 159 Å². The van der Waals surface area contributed by atoms with Crippen LogP contribution in [0.5, 0.6) is 0 Å². The lowest BCUT2D eigenvalue weighted by molar-refractivity contribution is -0.123. The Kier molecular flexibility index (Phi) is 5.50. The molecular weight excluding hydrogens is 342 g/mol. The lowest BCUT2D eigenvalue weighted by Crippen LogP contribution is -2.44. The molecule has 1 atom stereocenters. The van der Waals surface area contributed by atoms with Gasteiger partial charge in [0.05, 0.1) is 35.9 Å². The van der Waals surface area contributed by atoms with Gasteiger partial charge in [-0.25, -0.2) is 4.98 Å². The van der Waals surface area contributed by atoms with Gasteiger partial charge >= 0.3 is 0 Å². The summed E-state index contributed by atoms with van der Waals surface area (Å²) in [5.74, 6) is 0.480. The van der Waals surface area contributed by atoms with Crippen molar-refractivity contribution in [3.05, 3.63) is 47.8 Å². The van der Waals surface area contributed by atoms with Crippen LogP contribution in [0.3, 0.4) is 0 Å². The van der Waals surface area contributed by atoms with Crippen LogP contribution in [0.2, 0.25) is 0 Å². The number of nitrogens with zero attached hydrogens (tertiary/aromatic N) is 4. The molecule has 27 heavy (non-hydrogen) atoms. The summed E-state index contributed by atoms with van der Waals surface area (Å²) in [6.07, 6.45) is 5.77. The molecule has 144 valence electrons. The summed E-state index contributed by atoms with van der Waals surface area (Å²) in [4.78, 5) is 24.2. The summed E-state index contributed by atoms with van der Waals surface area (Å²) in [5.41, 5.74) is 2.93. The van der Waals surface area contributed by atoms with Crippen LogP contribution >= 0.6 is 0 Å². The number of imidazole rings is 1. The molecule has 0 aromatic carbocycles. The molecule has 2 aromatic rings. The molecular formula is C20H27N5O2. The van der Waals surface area contributed by atoms with E-state index in [2.05, 4.69) is 20.2 Å². The van der Waals surface area contributed by atoms with Gasteiger partial charge in [-0.3, -0.25) is 14.7 Å². The van der Waals surface area contributed by atoms with Gasteiger partial charge in [0.15, 0.2) is 0 Å². The number of amides is 1. The van der Waals surface area contributed by atoms with Crippen LogP contribution in [0.4, 0.5) is 0 Å². The number of hydrogen-bond donors (Lipinski definition) is 1. The summed E-state index contributed by atoms with van der Waals surface area (Å²) in [5, 5.41) is 3.06. The van der Waals surface area contributed by atoms with Gasteiger partial charge < -0.3 is 14.6 Å². The number of nitrogens with one attached hydrogen (secondary N) is 1. The molecule has 1 N–H and O–H groups in total. The molecule has 7 nitrogen and oxygen atoms in total. The van der Waals surface area contributed by atoms with E-state index in [4.69, 9.17) is 4.74 Å². The third kappa shape index (κ3) is 4.20. The number of ether oxygens (including phenoxy) is 1. The number of aryl methyl sites for hydroxylation is 1. The number of carbonyl (C=O) groups is 1. The van der Waals surface area contributed by atoms with E-state index in [9.17, 15) is 4.79 Å². The predicted molar refractivity (Wildman–Crippen MR) is 101 cm³/mol. The highest BCUT2D eigenvalue weighted by Crippen LogP contribution is 2.29. The number of carbonyl (C=O) groups excluding carboxylic acids is 1. The Balaban J connectivity index is 1.45. The highest BCUT2D eigenvalue weighted by Gasteiger charge is 2.34. The summed E-state index contributed by atoms with van der Waals surface area (Å²) in [6.45, 7) is 4.70.